The Morgan fingerprint density at radius 1 is 1.50 bits per heavy atom. The summed E-state index contributed by atoms with van der Waals surface area (Å²) < 4.78 is 35.6. The molecule has 0 aliphatic carbocycles. The van der Waals surface area contributed by atoms with Crippen LogP contribution in [0.25, 0.3) is 0 Å². The molecule has 12 heavy (non-hydrogen) atoms. The van der Waals surface area contributed by atoms with Crippen LogP contribution in [-0.2, 0) is 4.79 Å². The third kappa shape index (κ3) is 3.56. The third-order valence-corrected chi connectivity index (χ3v) is 1.53. The van der Waals surface area contributed by atoms with Gasteiger partial charge >= 0.3 is 6.18 Å². The zero-order valence-corrected chi connectivity index (χ0v) is 6.56. The normalized spacial score (nSPS) is 17.1. The zero-order chi connectivity index (χ0) is 9.94. The number of carbonyl (C=O) groups is 1. The fourth-order valence-corrected chi connectivity index (χ4v) is 0.631. The largest absolute Gasteiger partial charge is 0.391 e. The van der Waals surface area contributed by atoms with E-state index in [1.807, 2.05) is 0 Å². The molecule has 0 aromatic rings. The van der Waals surface area contributed by atoms with E-state index in [-0.39, 0.29) is 0 Å². The molecule has 0 saturated heterocycles. The van der Waals surface area contributed by atoms with E-state index in [9.17, 15) is 18.0 Å². The number of nitrogens with two attached hydrogens (primary N) is 2. The minimum atomic E-state index is -4.31. The lowest BCUT2D eigenvalue weighted by molar-refractivity contribution is -0.172. The summed E-state index contributed by atoms with van der Waals surface area (Å²) in [6, 6.07) is -1.22. The van der Waals surface area contributed by atoms with Gasteiger partial charge in [-0.3, -0.25) is 4.79 Å². The average Bonchev–Trinajstić information content (AvgIpc) is 1.85. The van der Waals surface area contributed by atoms with Crippen molar-refractivity contribution in [2.24, 2.45) is 17.4 Å². The molecule has 0 aliphatic heterocycles. The topological polar surface area (TPSA) is 69.1 Å². The van der Waals surface area contributed by atoms with E-state index in [0.717, 1.165) is 6.92 Å². The average molecular weight is 184 g/mol. The summed E-state index contributed by atoms with van der Waals surface area (Å²) in [6.07, 6.45) is -4.77. The van der Waals surface area contributed by atoms with Crippen LogP contribution < -0.4 is 11.5 Å². The molecule has 0 bridgehead atoms. The zero-order valence-electron chi connectivity index (χ0n) is 6.56. The van der Waals surface area contributed by atoms with Crippen LogP contribution in [0.2, 0.25) is 0 Å². The van der Waals surface area contributed by atoms with E-state index in [1.54, 1.807) is 0 Å². The van der Waals surface area contributed by atoms with Crippen molar-refractivity contribution in [1.82, 2.24) is 0 Å². The molecule has 2 atom stereocenters. The van der Waals surface area contributed by atoms with E-state index in [4.69, 9.17) is 11.5 Å². The van der Waals surface area contributed by atoms with E-state index >= 15 is 0 Å². The van der Waals surface area contributed by atoms with Gasteiger partial charge in [0.15, 0.2) is 0 Å². The van der Waals surface area contributed by atoms with Crippen molar-refractivity contribution in [3.8, 4) is 0 Å². The molecule has 0 heterocycles. The number of alkyl halides is 3. The van der Waals surface area contributed by atoms with E-state index in [1.165, 1.54) is 0 Å². The number of halogens is 3. The first-order valence-electron chi connectivity index (χ1n) is 3.36. The number of hydrogen-bond acceptors (Lipinski definition) is 2. The summed E-state index contributed by atoms with van der Waals surface area (Å²) in [5.74, 6) is -2.51. The first-order chi connectivity index (χ1) is 5.25. The molecule has 72 valence electrons. The fourth-order valence-electron chi connectivity index (χ4n) is 0.631. The molecular formula is C6H11F3N2O. The van der Waals surface area contributed by atoms with Crippen LogP contribution >= 0.6 is 0 Å². The van der Waals surface area contributed by atoms with Crippen LogP contribution in [0.15, 0.2) is 0 Å². The smallest absolute Gasteiger partial charge is 0.368 e. The summed E-state index contributed by atoms with van der Waals surface area (Å²) in [6.45, 7) is 0.961. The number of hydrogen-bond donors (Lipinski definition) is 2. The van der Waals surface area contributed by atoms with Gasteiger partial charge in [0, 0.05) is 0 Å². The molecule has 3 nitrogen and oxygen atoms in total. The van der Waals surface area contributed by atoms with Crippen LogP contribution in [-0.4, -0.2) is 18.1 Å². The van der Waals surface area contributed by atoms with Gasteiger partial charge in [-0.1, -0.05) is 6.92 Å². The van der Waals surface area contributed by atoms with Crippen molar-refractivity contribution >= 4 is 5.91 Å². The highest BCUT2D eigenvalue weighted by atomic mass is 19.4. The molecule has 2 unspecified atom stereocenters. The Morgan fingerprint density at radius 2 is 1.92 bits per heavy atom. The van der Waals surface area contributed by atoms with Crippen LogP contribution in [0.3, 0.4) is 0 Å². The number of amides is 1. The molecule has 0 aromatic carbocycles. The summed E-state index contributed by atoms with van der Waals surface area (Å²) in [4.78, 5) is 10.3. The van der Waals surface area contributed by atoms with Gasteiger partial charge in [-0.05, 0) is 6.42 Å². The maximum absolute atomic E-state index is 11.9. The Bertz CT molecular complexity index is 169. The second-order valence-corrected chi connectivity index (χ2v) is 2.69. The van der Waals surface area contributed by atoms with Crippen LogP contribution in [0.1, 0.15) is 13.3 Å². The maximum Gasteiger partial charge on any atom is 0.391 e. The standard InChI is InChI=1S/C6H11F3N2O/c1-3(6(7,8)9)2-4(10)5(11)12/h3-4H,2,10H2,1H3,(H2,11,12). The van der Waals surface area contributed by atoms with E-state index < -0.39 is 30.5 Å². The predicted molar refractivity (Wildman–Crippen MR) is 37.0 cm³/mol. The summed E-state index contributed by atoms with van der Waals surface area (Å²) in [7, 11) is 0. The lowest BCUT2D eigenvalue weighted by atomic mass is 10.0. The van der Waals surface area contributed by atoms with Gasteiger partial charge in [0.1, 0.15) is 0 Å². The molecule has 0 rings (SSSR count). The Kier molecular flexibility index (Phi) is 3.51. The molecular weight excluding hydrogens is 173 g/mol. The van der Waals surface area contributed by atoms with Crippen LogP contribution in [0.4, 0.5) is 13.2 Å². The monoisotopic (exact) mass is 184 g/mol. The number of carbonyl (C=O) groups excluding carboxylic acids is 1. The SMILES string of the molecule is CC(CC(N)C(N)=O)C(F)(F)F. The highest BCUT2D eigenvalue weighted by Crippen LogP contribution is 2.28. The van der Waals surface area contributed by atoms with Gasteiger partial charge in [-0.15, -0.1) is 0 Å². The van der Waals surface area contributed by atoms with Crippen molar-refractivity contribution in [1.29, 1.82) is 0 Å². The second kappa shape index (κ2) is 3.75. The Labute approximate surface area is 67.9 Å². The molecule has 0 spiro atoms. The Morgan fingerprint density at radius 3 is 2.17 bits per heavy atom. The van der Waals surface area contributed by atoms with Crippen molar-refractivity contribution in [2.45, 2.75) is 25.6 Å². The number of rotatable bonds is 3. The summed E-state index contributed by atoms with van der Waals surface area (Å²) in [5.41, 5.74) is 9.74. The molecule has 0 radical (unpaired) electrons. The van der Waals surface area contributed by atoms with Crippen LogP contribution in [0, 0.1) is 5.92 Å². The van der Waals surface area contributed by atoms with Crippen molar-refractivity contribution < 1.29 is 18.0 Å². The third-order valence-electron chi connectivity index (χ3n) is 1.53. The molecule has 0 fully saturated rings. The highest BCUT2D eigenvalue weighted by molar-refractivity contribution is 5.79. The van der Waals surface area contributed by atoms with Gasteiger partial charge in [0.2, 0.25) is 5.91 Å². The lowest BCUT2D eigenvalue weighted by Gasteiger charge is -2.17. The Hall–Kier alpha value is -0.780. The minimum Gasteiger partial charge on any atom is -0.368 e. The van der Waals surface area contributed by atoms with Gasteiger partial charge in [-0.2, -0.15) is 13.2 Å². The molecule has 0 aromatic heterocycles. The lowest BCUT2D eigenvalue weighted by Crippen LogP contribution is -2.39. The van der Waals surface area contributed by atoms with E-state index in [0.29, 0.717) is 0 Å². The molecule has 0 saturated carbocycles. The first kappa shape index (κ1) is 11.2. The van der Waals surface area contributed by atoms with Crippen molar-refractivity contribution in [3.63, 3.8) is 0 Å². The molecule has 4 N–H and O–H groups in total. The van der Waals surface area contributed by atoms with E-state index in [2.05, 4.69) is 0 Å². The van der Waals surface area contributed by atoms with Gasteiger partial charge in [-0.25, -0.2) is 0 Å². The number of primary amides is 1. The van der Waals surface area contributed by atoms with Gasteiger partial charge in [0.25, 0.3) is 0 Å². The molecule has 0 aliphatic rings. The minimum absolute atomic E-state index is 0.459. The quantitative estimate of drug-likeness (QED) is 0.666. The summed E-state index contributed by atoms with van der Waals surface area (Å²) in [5, 5.41) is 0. The second-order valence-electron chi connectivity index (χ2n) is 2.69. The highest BCUT2D eigenvalue weighted by Gasteiger charge is 2.37. The predicted octanol–water partition coefficient (Wildman–Crippen LogP) is 0.387. The Balaban J connectivity index is 4.01. The fraction of sp³-hybridized carbons (Fsp3) is 0.833. The molecule has 1 amide bonds. The summed E-state index contributed by atoms with van der Waals surface area (Å²) >= 11 is 0. The van der Waals surface area contributed by atoms with Gasteiger partial charge in [0.05, 0.1) is 12.0 Å². The van der Waals surface area contributed by atoms with Crippen molar-refractivity contribution in [3.05, 3.63) is 0 Å². The first-order valence-corrected chi connectivity index (χ1v) is 3.36. The van der Waals surface area contributed by atoms with Crippen molar-refractivity contribution in [2.75, 3.05) is 0 Å². The maximum atomic E-state index is 11.9. The van der Waals surface area contributed by atoms with Gasteiger partial charge < -0.3 is 11.5 Å². The molecule has 6 heteroatoms. The van der Waals surface area contributed by atoms with Crippen LogP contribution in [0.5, 0.6) is 0 Å².